The number of nitrogens with zero attached hydrogens (tertiary/aromatic N) is 6. The van der Waals surface area contributed by atoms with E-state index in [1.54, 1.807) is 0 Å². The van der Waals surface area contributed by atoms with Gasteiger partial charge in [0.1, 0.15) is 57.3 Å². The number of benzene rings is 8. The van der Waals surface area contributed by atoms with E-state index < -0.39 is 0 Å². The molecular weight excluding hydrogens is 1030 g/mol. The predicted octanol–water partition coefficient (Wildman–Crippen LogP) is 18.8. The van der Waals surface area contributed by atoms with Gasteiger partial charge in [0, 0.05) is 38.2 Å². The van der Waals surface area contributed by atoms with E-state index in [4.69, 9.17) is 9.47 Å². The lowest BCUT2D eigenvalue weighted by Crippen LogP contribution is -2.35. The van der Waals surface area contributed by atoms with Crippen molar-refractivity contribution in [2.24, 2.45) is 14.1 Å². The molecule has 0 N–H and O–H groups in total. The van der Waals surface area contributed by atoms with Gasteiger partial charge in [-0.3, -0.25) is 0 Å². The number of aryl methyl sites for hydroxylation is 2. The molecule has 0 bridgehead atoms. The third kappa shape index (κ3) is 10.1. The van der Waals surface area contributed by atoms with E-state index in [9.17, 15) is 0 Å². The fourth-order valence-electron chi connectivity index (χ4n) is 12.9. The highest BCUT2D eigenvalue weighted by molar-refractivity contribution is 6.11. The average Bonchev–Trinajstić information content (AvgIpc) is 2.20. The van der Waals surface area contributed by atoms with Gasteiger partial charge in [-0.25, -0.2) is 27.4 Å². The van der Waals surface area contributed by atoms with Crippen molar-refractivity contribution in [3.8, 4) is 57.3 Å². The molecule has 0 saturated carbocycles. The molecule has 4 aromatic heterocycles. The zero-order valence-corrected chi connectivity index (χ0v) is 52.3. The van der Waals surface area contributed by atoms with Crippen LogP contribution in [-0.4, -0.2) is 30.5 Å². The third-order valence-electron chi connectivity index (χ3n) is 16.8. The van der Waals surface area contributed by atoms with E-state index >= 15 is 0 Å². The SMILES string of the molecule is Cc1c(OC(C)C)ccc2c3ccccc3n(-c3cn(-c4c(C(C)C)cccc4C(C)C)c(-c4ccccc4)[n+]3C)c12.Cc1c(OC(C)C)ccc2c3ccccc3n(-c3cn(-c4ccccc4)c(-c4c(C(C)C)cccc4C(C)C)[n+]3C)c12. The fourth-order valence-corrected chi connectivity index (χ4v) is 12.9. The Hall–Kier alpha value is -8.62. The van der Waals surface area contributed by atoms with Crippen molar-refractivity contribution in [3.05, 3.63) is 216 Å². The molecule has 0 fully saturated rings. The molecule has 84 heavy (non-hydrogen) atoms. The van der Waals surface area contributed by atoms with Crippen molar-refractivity contribution in [1.82, 2.24) is 18.3 Å². The van der Waals surface area contributed by atoms with Gasteiger partial charge in [0.25, 0.3) is 11.6 Å². The highest BCUT2D eigenvalue weighted by Gasteiger charge is 2.34. The highest BCUT2D eigenvalue weighted by atomic mass is 16.5. The number of ether oxygens (including phenoxy) is 2. The minimum Gasteiger partial charge on any atom is -0.491 e. The molecule has 8 heteroatoms. The van der Waals surface area contributed by atoms with Gasteiger partial charge < -0.3 is 9.47 Å². The lowest BCUT2D eigenvalue weighted by Gasteiger charge is -2.19. The van der Waals surface area contributed by atoms with Crippen LogP contribution in [0.5, 0.6) is 11.5 Å². The minimum absolute atomic E-state index is 0.0999. The molecule has 0 amide bonds. The van der Waals surface area contributed by atoms with E-state index in [2.05, 4.69) is 321 Å². The van der Waals surface area contributed by atoms with Crippen LogP contribution < -0.4 is 18.6 Å². The van der Waals surface area contributed by atoms with Gasteiger partial charge in [0.2, 0.25) is 11.6 Å². The van der Waals surface area contributed by atoms with E-state index in [0.29, 0.717) is 23.7 Å². The molecule has 0 aliphatic carbocycles. The van der Waals surface area contributed by atoms with Crippen molar-refractivity contribution in [1.29, 1.82) is 0 Å². The van der Waals surface area contributed by atoms with Crippen LogP contribution in [0.1, 0.15) is 140 Å². The topological polar surface area (TPSA) is 45.9 Å². The van der Waals surface area contributed by atoms with Crippen LogP contribution >= 0.6 is 0 Å². The van der Waals surface area contributed by atoms with E-state index in [0.717, 1.165) is 45.8 Å². The van der Waals surface area contributed by atoms with Crippen molar-refractivity contribution in [2.45, 2.75) is 133 Å². The molecule has 0 saturated heterocycles. The number of fused-ring (bicyclic) bond motifs is 6. The van der Waals surface area contributed by atoms with Gasteiger partial charge in [0.15, 0.2) is 0 Å². The van der Waals surface area contributed by atoms with Crippen LogP contribution in [0.2, 0.25) is 0 Å². The molecule has 0 spiro atoms. The third-order valence-corrected chi connectivity index (χ3v) is 16.8. The molecule has 12 rings (SSSR count). The first-order chi connectivity index (χ1) is 40.4. The number of aromatic nitrogens is 6. The molecule has 12 aromatic rings. The van der Waals surface area contributed by atoms with Gasteiger partial charge in [-0.15, -0.1) is 0 Å². The zero-order chi connectivity index (χ0) is 59.4. The maximum Gasteiger partial charge on any atom is 0.266 e. The number of para-hydroxylation sites is 4. The largest absolute Gasteiger partial charge is 0.491 e. The van der Waals surface area contributed by atoms with Crippen LogP contribution in [0.15, 0.2) is 182 Å². The summed E-state index contributed by atoms with van der Waals surface area (Å²) in [5.41, 5.74) is 17.4. The van der Waals surface area contributed by atoms with Crippen LogP contribution in [0.25, 0.3) is 89.4 Å². The smallest absolute Gasteiger partial charge is 0.266 e. The van der Waals surface area contributed by atoms with E-state index in [1.807, 2.05) is 0 Å². The maximum absolute atomic E-state index is 6.30. The van der Waals surface area contributed by atoms with Crippen molar-refractivity contribution >= 4 is 43.6 Å². The van der Waals surface area contributed by atoms with Crippen LogP contribution in [0.4, 0.5) is 0 Å². The van der Waals surface area contributed by atoms with Crippen LogP contribution in [0.3, 0.4) is 0 Å². The van der Waals surface area contributed by atoms with Gasteiger partial charge >= 0.3 is 0 Å². The van der Waals surface area contributed by atoms with Crippen molar-refractivity contribution in [3.63, 3.8) is 0 Å². The lowest BCUT2D eigenvalue weighted by molar-refractivity contribution is -0.653. The fraction of sp³-hybridized carbons (Fsp3) is 0.289. The molecule has 4 heterocycles. The van der Waals surface area contributed by atoms with Crippen LogP contribution in [-0.2, 0) is 14.1 Å². The molecule has 0 radical (unpaired) electrons. The minimum atomic E-state index is 0.0999. The van der Waals surface area contributed by atoms with E-state index in [1.165, 1.54) is 88.5 Å². The molecule has 8 aromatic carbocycles. The second kappa shape index (κ2) is 23.2. The summed E-state index contributed by atoms with van der Waals surface area (Å²) >= 11 is 0. The quantitative estimate of drug-likeness (QED) is 0.102. The molecule has 0 unspecified atom stereocenters. The Labute approximate surface area is 497 Å². The Morgan fingerprint density at radius 1 is 0.369 bits per heavy atom. The first-order valence-electron chi connectivity index (χ1n) is 30.4. The Morgan fingerprint density at radius 3 is 1.20 bits per heavy atom. The number of rotatable bonds is 14. The molecule has 428 valence electrons. The molecule has 0 atom stereocenters. The Bertz CT molecular complexity index is 4190. The van der Waals surface area contributed by atoms with Gasteiger partial charge in [-0.05, 0) is 148 Å². The molecule has 0 aliphatic rings. The van der Waals surface area contributed by atoms with Gasteiger partial charge in [0.05, 0.1) is 31.9 Å². The normalized spacial score (nSPS) is 12.0. The lowest BCUT2D eigenvalue weighted by atomic mass is 9.88. The predicted molar refractivity (Wildman–Crippen MR) is 351 cm³/mol. The molecular formula is C76H84N6O2+2. The van der Waals surface area contributed by atoms with Crippen molar-refractivity contribution in [2.75, 3.05) is 0 Å². The summed E-state index contributed by atoms with van der Waals surface area (Å²) in [6.45, 7) is 31.1. The van der Waals surface area contributed by atoms with Crippen molar-refractivity contribution < 1.29 is 18.6 Å². The Balaban J connectivity index is 0.000000175. The summed E-state index contributed by atoms with van der Waals surface area (Å²) in [5, 5.41) is 4.95. The number of imidazole rings is 2. The van der Waals surface area contributed by atoms with Gasteiger partial charge in [-0.2, -0.15) is 0 Å². The van der Waals surface area contributed by atoms with Gasteiger partial charge in [-0.1, -0.05) is 165 Å². The zero-order valence-electron chi connectivity index (χ0n) is 52.3. The highest BCUT2D eigenvalue weighted by Crippen LogP contribution is 2.43. The summed E-state index contributed by atoms with van der Waals surface area (Å²) in [6.07, 6.45) is 4.86. The molecule has 0 aliphatic heterocycles. The Morgan fingerprint density at radius 2 is 0.762 bits per heavy atom. The summed E-state index contributed by atoms with van der Waals surface area (Å²) in [6, 6.07) is 61.3. The maximum atomic E-state index is 6.30. The second-order valence-corrected chi connectivity index (χ2v) is 24.6. The average molecular weight is 1110 g/mol. The standard InChI is InChI=1S/2C38H42N3O/c1-24(2)29-18-14-19-30(25(3)4)36(29)38-39(8)35(23-40(38)28-15-10-9-11-16-28)41-33-20-13-12-17-31(33)32-21-22-34(42-26(5)6)27(7)37(32)41;1-24(2)29-18-14-19-30(25(3)4)37(29)40-23-35(39(8)38(40)28-15-10-9-11-16-28)41-33-20-13-12-17-31(33)32-21-22-34(42-26(5)6)27(7)36(32)41/h2*9-26H,1-8H3/q2*+1. The molecule has 8 nitrogen and oxygen atoms in total. The summed E-state index contributed by atoms with van der Waals surface area (Å²) in [4.78, 5) is 0. The monoisotopic (exact) mass is 1110 g/mol. The summed E-state index contributed by atoms with van der Waals surface area (Å²) in [5.74, 6) is 7.94. The second-order valence-electron chi connectivity index (χ2n) is 24.6. The number of hydrogen-bond acceptors (Lipinski definition) is 2. The number of hydrogen-bond donors (Lipinski definition) is 0. The Kier molecular flexibility index (Phi) is 15.8. The first-order valence-corrected chi connectivity index (χ1v) is 30.4. The van der Waals surface area contributed by atoms with Crippen LogP contribution in [0, 0.1) is 13.8 Å². The summed E-state index contributed by atoms with van der Waals surface area (Å²) in [7, 11) is 4.42. The van der Waals surface area contributed by atoms with E-state index in [-0.39, 0.29) is 12.2 Å². The summed E-state index contributed by atoms with van der Waals surface area (Å²) < 4.78 is 27.0. The first kappa shape index (κ1) is 57.2.